The van der Waals surface area contributed by atoms with Gasteiger partial charge < -0.3 is 9.63 Å². The minimum absolute atomic E-state index is 0.200. The molecule has 0 aromatic carbocycles. The quantitative estimate of drug-likeness (QED) is 0.902. The monoisotopic (exact) mass is 255 g/mol. The highest BCUT2D eigenvalue weighted by molar-refractivity contribution is 6.31. The van der Waals surface area contributed by atoms with Gasteiger partial charge in [0.25, 0.3) is 0 Å². The van der Waals surface area contributed by atoms with E-state index in [4.69, 9.17) is 21.2 Å². The summed E-state index contributed by atoms with van der Waals surface area (Å²) in [6.07, 6.45) is -0.200. The molecule has 0 aliphatic heterocycles. The Hall–Kier alpha value is -1.82. The van der Waals surface area contributed by atoms with Crippen molar-refractivity contribution in [3.63, 3.8) is 0 Å². The van der Waals surface area contributed by atoms with Crippen molar-refractivity contribution in [2.24, 2.45) is 7.05 Å². The van der Waals surface area contributed by atoms with Gasteiger partial charge in [-0.05, 0) is 6.92 Å². The Morgan fingerprint density at radius 3 is 2.88 bits per heavy atom. The van der Waals surface area contributed by atoms with Crippen molar-refractivity contribution in [2.75, 3.05) is 0 Å². The van der Waals surface area contributed by atoms with Crippen molar-refractivity contribution in [3.05, 3.63) is 22.5 Å². The molecular weight excluding hydrogens is 246 g/mol. The van der Waals surface area contributed by atoms with E-state index in [1.807, 2.05) is 0 Å². The first-order chi connectivity index (χ1) is 7.99. The molecule has 0 aliphatic carbocycles. The Morgan fingerprint density at radius 2 is 2.35 bits per heavy atom. The molecule has 0 amide bonds. The SMILES string of the molecule is Cc1cc(-c2nn(C)c(Cl)c2CC(=O)O)no1. The molecule has 0 atom stereocenters. The van der Waals surface area contributed by atoms with Crippen molar-refractivity contribution >= 4 is 17.6 Å². The average molecular weight is 256 g/mol. The fourth-order valence-electron chi connectivity index (χ4n) is 1.54. The molecule has 90 valence electrons. The van der Waals surface area contributed by atoms with Crippen LogP contribution < -0.4 is 0 Å². The Balaban J connectivity index is 2.53. The molecule has 2 rings (SSSR count). The number of rotatable bonds is 3. The van der Waals surface area contributed by atoms with Crippen LogP contribution >= 0.6 is 11.6 Å². The normalized spacial score (nSPS) is 10.8. The van der Waals surface area contributed by atoms with E-state index in [9.17, 15) is 4.79 Å². The molecule has 0 saturated heterocycles. The molecular formula is C10H10ClN3O3. The van der Waals surface area contributed by atoms with Crippen LogP contribution in [-0.4, -0.2) is 26.0 Å². The van der Waals surface area contributed by atoms with Crippen LogP contribution in [0.3, 0.4) is 0 Å². The Labute approximate surface area is 102 Å². The molecule has 0 radical (unpaired) electrons. The summed E-state index contributed by atoms with van der Waals surface area (Å²) in [6, 6.07) is 1.68. The van der Waals surface area contributed by atoms with E-state index < -0.39 is 5.97 Å². The lowest BCUT2D eigenvalue weighted by Gasteiger charge is -1.95. The Bertz CT molecular complexity index is 573. The Kier molecular flexibility index (Phi) is 2.89. The zero-order valence-electron chi connectivity index (χ0n) is 9.27. The molecule has 17 heavy (non-hydrogen) atoms. The molecule has 0 fully saturated rings. The van der Waals surface area contributed by atoms with Crippen LogP contribution in [0.4, 0.5) is 0 Å². The standard InChI is InChI=1S/C10H10ClN3O3/c1-5-3-7(13-17-5)9-6(4-8(15)16)10(11)14(2)12-9/h3H,4H2,1-2H3,(H,15,16). The van der Waals surface area contributed by atoms with Crippen LogP contribution in [0.1, 0.15) is 11.3 Å². The zero-order valence-corrected chi connectivity index (χ0v) is 10.0. The predicted molar refractivity (Wildman–Crippen MR) is 59.8 cm³/mol. The van der Waals surface area contributed by atoms with Crippen LogP contribution in [0.25, 0.3) is 11.4 Å². The van der Waals surface area contributed by atoms with Crippen LogP contribution in [0.5, 0.6) is 0 Å². The van der Waals surface area contributed by atoms with Crippen molar-refractivity contribution in [1.29, 1.82) is 0 Å². The summed E-state index contributed by atoms with van der Waals surface area (Å²) in [4.78, 5) is 10.8. The first kappa shape index (κ1) is 11.7. The van der Waals surface area contributed by atoms with E-state index in [-0.39, 0.29) is 6.42 Å². The molecule has 2 heterocycles. The maximum atomic E-state index is 10.8. The Morgan fingerprint density at radius 1 is 1.65 bits per heavy atom. The summed E-state index contributed by atoms with van der Waals surface area (Å²) in [5, 5.41) is 17.1. The second-order valence-corrected chi connectivity index (χ2v) is 3.99. The van der Waals surface area contributed by atoms with Crippen LogP contribution in [-0.2, 0) is 18.3 Å². The number of halogens is 1. The molecule has 0 spiro atoms. The number of aromatic nitrogens is 3. The first-order valence-electron chi connectivity index (χ1n) is 4.86. The van der Waals surface area contributed by atoms with Crippen molar-refractivity contribution in [2.45, 2.75) is 13.3 Å². The topological polar surface area (TPSA) is 81.2 Å². The number of hydrogen-bond acceptors (Lipinski definition) is 4. The summed E-state index contributed by atoms with van der Waals surface area (Å²) < 4.78 is 6.35. The van der Waals surface area contributed by atoms with Crippen LogP contribution in [0, 0.1) is 6.92 Å². The van der Waals surface area contributed by atoms with Gasteiger partial charge in [-0.2, -0.15) is 5.10 Å². The summed E-state index contributed by atoms with van der Waals surface area (Å²) in [7, 11) is 1.64. The van der Waals surface area contributed by atoms with Gasteiger partial charge in [-0.15, -0.1) is 0 Å². The largest absolute Gasteiger partial charge is 0.481 e. The third-order valence-corrected chi connectivity index (χ3v) is 2.74. The lowest BCUT2D eigenvalue weighted by atomic mass is 10.1. The summed E-state index contributed by atoms with van der Waals surface area (Å²) >= 11 is 5.99. The molecule has 7 heteroatoms. The third kappa shape index (κ3) is 2.16. The lowest BCUT2D eigenvalue weighted by molar-refractivity contribution is -0.136. The van der Waals surface area contributed by atoms with Crippen LogP contribution in [0.2, 0.25) is 5.15 Å². The number of hydrogen-bond donors (Lipinski definition) is 1. The zero-order chi connectivity index (χ0) is 12.6. The van der Waals surface area contributed by atoms with E-state index in [0.717, 1.165) is 0 Å². The fraction of sp³-hybridized carbons (Fsp3) is 0.300. The van der Waals surface area contributed by atoms with Gasteiger partial charge in [-0.25, -0.2) is 0 Å². The number of carbonyl (C=O) groups is 1. The van der Waals surface area contributed by atoms with E-state index in [1.54, 1.807) is 20.0 Å². The van der Waals surface area contributed by atoms with Gasteiger partial charge in [-0.1, -0.05) is 16.8 Å². The highest BCUT2D eigenvalue weighted by Gasteiger charge is 2.20. The van der Waals surface area contributed by atoms with E-state index in [2.05, 4.69) is 10.3 Å². The van der Waals surface area contributed by atoms with Crippen molar-refractivity contribution < 1.29 is 14.4 Å². The summed E-state index contributed by atoms with van der Waals surface area (Å²) in [5.74, 6) is -0.343. The number of aryl methyl sites for hydroxylation is 2. The minimum atomic E-state index is -0.971. The molecule has 1 N–H and O–H groups in total. The van der Waals surface area contributed by atoms with Gasteiger partial charge in [0.1, 0.15) is 22.3 Å². The van der Waals surface area contributed by atoms with Gasteiger partial charge in [0.05, 0.1) is 6.42 Å². The van der Waals surface area contributed by atoms with Gasteiger partial charge >= 0.3 is 5.97 Å². The third-order valence-electron chi connectivity index (χ3n) is 2.27. The highest BCUT2D eigenvalue weighted by atomic mass is 35.5. The second-order valence-electron chi connectivity index (χ2n) is 3.63. The molecule has 0 aliphatic rings. The van der Waals surface area contributed by atoms with Crippen molar-refractivity contribution in [3.8, 4) is 11.4 Å². The summed E-state index contributed by atoms with van der Waals surface area (Å²) in [5.41, 5.74) is 1.37. The molecule has 0 bridgehead atoms. The summed E-state index contributed by atoms with van der Waals surface area (Å²) in [6.45, 7) is 1.75. The highest BCUT2D eigenvalue weighted by Crippen LogP contribution is 2.28. The molecule has 6 nitrogen and oxygen atoms in total. The van der Waals surface area contributed by atoms with Gasteiger partial charge in [0.2, 0.25) is 0 Å². The number of aliphatic carboxylic acids is 1. The van der Waals surface area contributed by atoms with Gasteiger partial charge in [0.15, 0.2) is 0 Å². The molecule has 0 saturated carbocycles. The van der Waals surface area contributed by atoms with Gasteiger partial charge in [0, 0.05) is 18.7 Å². The van der Waals surface area contributed by atoms with Crippen molar-refractivity contribution in [1.82, 2.24) is 14.9 Å². The fourth-order valence-corrected chi connectivity index (χ4v) is 1.73. The maximum Gasteiger partial charge on any atom is 0.308 e. The number of nitrogens with zero attached hydrogens (tertiary/aromatic N) is 3. The van der Waals surface area contributed by atoms with E-state index in [0.29, 0.717) is 27.9 Å². The minimum Gasteiger partial charge on any atom is -0.481 e. The second kappa shape index (κ2) is 4.21. The maximum absolute atomic E-state index is 10.8. The first-order valence-corrected chi connectivity index (χ1v) is 5.23. The average Bonchev–Trinajstić information content (AvgIpc) is 2.77. The van der Waals surface area contributed by atoms with E-state index in [1.165, 1.54) is 4.68 Å². The molecule has 2 aromatic rings. The van der Waals surface area contributed by atoms with Gasteiger partial charge in [-0.3, -0.25) is 9.48 Å². The van der Waals surface area contributed by atoms with E-state index >= 15 is 0 Å². The number of carboxylic acids is 1. The molecule has 2 aromatic heterocycles. The van der Waals surface area contributed by atoms with Crippen LogP contribution in [0.15, 0.2) is 10.6 Å². The lowest BCUT2D eigenvalue weighted by Crippen LogP contribution is -2.01. The smallest absolute Gasteiger partial charge is 0.308 e. The molecule has 0 unspecified atom stereocenters. The number of carboxylic acid groups (broad SMARTS) is 1. The predicted octanol–water partition coefficient (Wildman–Crippen LogP) is 1.66.